The molecule has 0 bridgehead atoms. The molecule has 0 saturated heterocycles. The van der Waals surface area contributed by atoms with Gasteiger partial charge in [0.25, 0.3) is 5.56 Å². The molecule has 1 heterocycles. The highest BCUT2D eigenvalue weighted by molar-refractivity contribution is 5.85. The number of rotatable bonds is 0. The molecule has 0 unspecified atom stereocenters. The normalized spacial score (nSPS) is 9.62. The van der Waals surface area contributed by atoms with Gasteiger partial charge in [0.15, 0.2) is 0 Å². The number of nitrogens with one attached hydrogen (secondary N) is 1. The minimum atomic E-state index is -0.176. The summed E-state index contributed by atoms with van der Waals surface area (Å²) >= 11 is 0. The molecule has 1 aromatic heterocycles. The lowest BCUT2D eigenvalue weighted by Gasteiger charge is -2.11. The zero-order valence-electron chi connectivity index (χ0n) is 7.83. The molecule has 5 nitrogen and oxygen atoms in total. The van der Waals surface area contributed by atoms with Crippen molar-refractivity contribution in [3.05, 3.63) is 22.2 Å². The second kappa shape index (κ2) is 5.80. The van der Waals surface area contributed by atoms with Gasteiger partial charge in [0, 0.05) is 11.5 Å². The van der Waals surface area contributed by atoms with Crippen LogP contribution in [0.5, 0.6) is 0 Å². The van der Waals surface area contributed by atoms with Crippen molar-refractivity contribution in [2.24, 2.45) is 5.90 Å². The van der Waals surface area contributed by atoms with Crippen LogP contribution < -0.4 is 11.5 Å². The molecular formula is C7H15ClN2O3. The molecule has 78 valence electrons. The number of aromatic amines is 1. The first-order chi connectivity index (χ1) is 5.50. The van der Waals surface area contributed by atoms with Crippen LogP contribution in [0, 0.1) is 0 Å². The summed E-state index contributed by atoms with van der Waals surface area (Å²) in [5.74, 6) is 4.19. The van der Waals surface area contributed by atoms with E-state index in [1.165, 1.54) is 6.07 Å². The van der Waals surface area contributed by atoms with Crippen LogP contribution in [0.1, 0.15) is 26.5 Å². The Morgan fingerprint density at radius 1 is 1.46 bits per heavy atom. The molecule has 1 rings (SSSR count). The number of nitrogens with two attached hydrogens (primary N) is 1. The summed E-state index contributed by atoms with van der Waals surface area (Å²) in [7, 11) is 0. The first-order valence-electron chi connectivity index (χ1n) is 3.45. The maximum atomic E-state index is 10.6. The molecule has 0 aliphatic rings. The van der Waals surface area contributed by atoms with E-state index in [2.05, 4.69) is 11.1 Å². The molecule has 0 saturated carbocycles. The fraction of sp³-hybridized carbons (Fsp3) is 0.571. The highest BCUT2D eigenvalue weighted by Crippen LogP contribution is 2.19. The van der Waals surface area contributed by atoms with Crippen LogP contribution in [-0.4, -0.2) is 10.4 Å². The van der Waals surface area contributed by atoms with E-state index in [9.17, 15) is 4.79 Å². The van der Waals surface area contributed by atoms with E-state index in [4.69, 9.17) is 9.73 Å². The molecule has 0 aliphatic carbocycles. The molecule has 6 heteroatoms. The maximum absolute atomic E-state index is 10.6. The zero-order valence-corrected chi connectivity index (χ0v) is 8.64. The van der Waals surface area contributed by atoms with Gasteiger partial charge in [-0.2, -0.15) is 5.16 Å². The summed E-state index contributed by atoms with van der Waals surface area (Å²) in [6.07, 6.45) is 0. The fourth-order valence-electron chi connectivity index (χ4n) is 0.653. The second-order valence-electron chi connectivity index (χ2n) is 3.33. The van der Waals surface area contributed by atoms with E-state index in [0.717, 1.165) is 0 Å². The van der Waals surface area contributed by atoms with Gasteiger partial charge in [0.1, 0.15) is 5.76 Å². The van der Waals surface area contributed by atoms with Crippen LogP contribution in [0.15, 0.2) is 15.4 Å². The molecule has 0 atom stereocenters. The van der Waals surface area contributed by atoms with Crippen molar-refractivity contribution >= 4 is 12.4 Å². The Bertz CT molecular complexity index is 274. The van der Waals surface area contributed by atoms with Crippen LogP contribution in [-0.2, 0) is 5.41 Å². The van der Waals surface area contributed by atoms with Crippen molar-refractivity contribution in [2.75, 3.05) is 0 Å². The van der Waals surface area contributed by atoms with Gasteiger partial charge in [0.05, 0.1) is 0 Å². The van der Waals surface area contributed by atoms with Crippen LogP contribution in [0.3, 0.4) is 0 Å². The Balaban J connectivity index is 0. The highest BCUT2D eigenvalue weighted by Gasteiger charge is 2.17. The molecule has 0 spiro atoms. The number of hydrogen-bond donors (Lipinski definition) is 3. The summed E-state index contributed by atoms with van der Waals surface area (Å²) in [6.45, 7) is 5.96. The Morgan fingerprint density at radius 3 is 2.08 bits per heavy atom. The van der Waals surface area contributed by atoms with Crippen molar-refractivity contribution in [1.29, 1.82) is 0 Å². The molecule has 1 aromatic rings. The lowest BCUT2D eigenvalue weighted by Crippen LogP contribution is -2.09. The van der Waals surface area contributed by atoms with Crippen LogP contribution in [0.25, 0.3) is 0 Å². The summed E-state index contributed by atoms with van der Waals surface area (Å²) in [4.78, 5) is 10.6. The third-order valence-electron chi connectivity index (χ3n) is 1.26. The predicted molar refractivity (Wildman–Crippen MR) is 51.3 cm³/mol. The molecular weight excluding hydrogens is 196 g/mol. The summed E-state index contributed by atoms with van der Waals surface area (Å²) in [6, 6.07) is 1.47. The van der Waals surface area contributed by atoms with Crippen molar-refractivity contribution in [3.8, 4) is 0 Å². The predicted octanol–water partition coefficient (Wildman–Crippen LogP) is 1.02. The van der Waals surface area contributed by atoms with Crippen LogP contribution in [0.2, 0.25) is 0 Å². The molecule has 13 heavy (non-hydrogen) atoms. The minimum Gasteiger partial charge on any atom is -0.383 e. The number of H-pyrrole nitrogens is 1. The Labute approximate surface area is 82.3 Å². The molecule has 0 radical (unpaired) electrons. The van der Waals surface area contributed by atoms with Crippen LogP contribution in [0.4, 0.5) is 0 Å². The fourth-order valence-corrected chi connectivity index (χ4v) is 0.653. The standard InChI is InChI=1S/C7H11NO2.ClH.H3NO/c1-7(2,3)5-4-6(9)8-10-5;;1-2/h4H,1-3H3,(H,8,9);1H;2H,1H2. The van der Waals surface area contributed by atoms with Gasteiger partial charge in [-0.05, 0) is 0 Å². The van der Waals surface area contributed by atoms with Gasteiger partial charge in [0.2, 0.25) is 0 Å². The van der Waals surface area contributed by atoms with Gasteiger partial charge in [-0.25, -0.2) is 5.90 Å². The largest absolute Gasteiger partial charge is 0.383 e. The maximum Gasteiger partial charge on any atom is 0.280 e. The molecule has 0 aliphatic heterocycles. The van der Waals surface area contributed by atoms with E-state index in [1.54, 1.807) is 0 Å². The zero-order chi connectivity index (χ0) is 9.78. The quantitative estimate of drug-likeness (QED) is 0.558. The summed E-state index contributed by atoms with van der Waals surface area (Å²) < 4.78 is 4.89. The lowest BCUT2D eigenvalue weighted by atomic mass is 9.94. The van der Waals surface area contributed by atoms with Gasteiger partial charge in [-0.3, -0.25) is 4.79 Å². The first-order valence-corrected chi connectivity index (χ1v) is 3.45. The smallest absolute Gasteiger partial charge is 0.280 e. The van der Waals surface area contributed by atoms with Gasteiger partial charge in [-0.15, -0.1) is 12.4 Å². The topological polar surface area (TPSA) is 92.2 Å². The van der Waals surface area contributed by atoms with E-state index in [0.29, 0.717) is 5.76 Å². The van der Waals surface area contributed by atoms with Crippen molar-refractivity contribution in [2.45, 2.75) is 26.2 Å². The summed E-state index contributed by atoms with van der Waals surface area (Å²) in [5, 5.41) is 8.74. The van der Waals surface area contributed by atoms with E-state index < -0.39 is 0 Å². The molecule has 0 amide bonds. The Kier molecular flexibility index (Phi) is 6.57. The van der Waals surface area contributed by atoms with Crippen molar-refractivity contribution in [3.63, 3.8) is 0 Å². The van der Waals surface area contributed by atoms with Gasteiger partial charge >= 0.3 is 0 Å². The lowest BCUT2D eigenvalue weighted by molar-refractivity contribution is 0.311. The second-order valence-corrected chi connectivity index (χ2v) is 3.33. The number of hydrogen-bond acceptors (Lipinski definition) is 4. The van der Waals surface area contributed by atoms with Crippen molar-refractivity contribution < 1.29 is 9.73 Å². The third-order valence-corrected chi connectivity index (χ3v) is 1.26. The summed E-state index contributed by atoms with van der Waals surface area (Å²) in [5.41, 5.74) is -0.260. The molecule has 4 N–H and O–H groups in total. The van der Waals surface area contributed by atoms with Gasteiger partial charge < -0.3 is 9.73 Å². The van der Waals surface area contributed by atoms with E-state index in [-0.39, 0.29) is 23.4 Å². The third kappa shape index (κ3) is 4.72. The van der Waals surface area contributed by atoms with Crippen molar-refractivity contribution in [1.82, 2.24) is 5.16 Å². The molecule has 0 fully saturated rings. The first kappa shape index (κ1) is 14.7. The van der Waals surface area contributed by atoms with Crippen LogP contribution >= 0.6 is 12.4 Å². The number of halogens is 1. The monoisotopic (exact) mass is 210 g/mol. The Morgan fingerprint density at radius 2 is 1.92 bits per heavy atom. The highest BCUT2D eigenvalue weighted by atomic mass is 35.5. The van der Waals surface area contributed by atoms with E-state index >= 15 is 0 Å². The Hall–Kier alpha value is -0.780. The minimum absolute atomic E-state index is 0. The average Bonchev–Trinajstić information content (AvgIpc) is 2.39. The average molecular weight is 211 g/mol. The van der Waals surface area contributed by atoms with Gasteiger partial charge in [-0.1, -0.05) is 20.8 Å². The molecule has 0 aromatic carbocycles. The number of aromatic nitrogens is 1. The van der Waals surface area contributed by atoms with E-state index in [1.807, 2.05) is 20.8 Å². The SMILES string of the molecule is CC(C)(C)c1cc(=O)[nH]o1.Cl.NO.